The molecule has 116 valence electrons. The highest BCUT2D eigenvalue weighted by Crippen LogP contribution is 2.27. The summed E-state index contributed by atoms with van der Waals surface area (Å²) in [7, 11) is 0. The lowest BCUT2D eigenvalue weighted by Gasteiger charge is -2.37. The largest absolute Gasteiger partial charge is 0.354 e. The van der Waals surface area contributed by atoms with Crippen molar-refractivity contribution in [1.29, 1.82) is 0 Å². The van der Waals surface area contributed by atoms with Gasteiger partial charge in [-0.3, -0.25) is 4.90 Å². The van der Waals surface area contributed by atoms with Gasteiger partial charge in [-0.2, -0.15) is 0 Å². The number of hydrogen-bond acceptors (Lipinski definition) is 4. The van der Waals surface area contributed by atoms with Crippen LogP contribution in [0.15, 0.2) is 24.4 Å². The van der Waals surface area contributed by atoms with Crippen LogP contribution in [0.4, 0.5) is 5.82 Å². The van der Waals surface area contributed by atoms with E-state index < -0.39 is 0 Å². The second kappa shape index (κ2) is 7.23. The van der Waals surface area contributed by atoms with E-state index >= 15 is 0 Å². The van der Waals surface area contributed by atoms with E-state index in [1.165, 1.54) is 38.9 Å². The number of pyridine rings is 1. The molecule has 2 heterocycles. The molecule has 0 bridgehead atoms. The lowest BCUT2D eigenvalue weighted by molar-refractivity contribution is 0.203. The predicted octanol–water partition coefficient (Wildman–Crippen LogP) is 1.98. The Labute approximate surface area is 128 Å². The van der Waals surface area contributed by atoms with Crippen LogP contribution in [0.25, 0.3) is 0 Å². The number of nitrogens with zero attached hydrogens (tertiary/aromatic N) is 3. The highest BCUT2D eigenvalue weighted by atomic mass is 15.3. The minimum atomic E-state index is 0.754. The van der Waals surface area contributed by atoms with Crippen LogP contribution in [-0.2, 0) is 0 Å². The fourth-order valence-electron chi connectivity index (χ4n) is 3.82. The molecule has 2 fully saturated rings. The fourth-order valence-corrected chi connectivity index (χ4v) is 3.82. The Morgan fingerprint density at radius 2 is 2.05 bits per heavy atom. The zero-order chi connectivity index (χ0) is 14.5. The molecule has 1 aliphatic carbocycles. The molecule has 1 saturated heterocycles. The molecule has 0 spiro atoms. The molecule has 4 nitrogen and oxygen atoms in total. The van der Waals surface area contributed by atoms with Gasteiger partial charge in [0.1, 0.15) is 5.82 Å². The first-order chi connectivity index (χ1) is 10.4. The molecule has 0 amide bonds. The highest BCUT2D eigenvalue weighted by molar-refractivity contribution is 5.38. The van der Waals surface area contributed by atoms with Gasteiger partial charge in [0.15, 0.2) is 0 Å². The third-order valence-electron chi connectivity index (χ3n) is 4.96. The summed E-state index contributed by atoms with van der Waals surface area (Å²) in [5, 5.41) is 3.67. The maximum Gasteiger partial charge on any atom is 0.128 e. The molecule has 2 unspecified atom stereocenters. The molecular weight excluding hydrogens is 260 g/mol. The average molecular weight is 288 g/mol. The standard InChI is InChI=1S/C17H28N4/c1-2-18-16-7-5-6-15(16)14-20-10-12-21(13-11-20)17-8-3-4-9-19-17/h3-4,8-9,15-16,18H,2,5-7,10-14H2,1H3. The van der Waals surface area contributed by atoms with Crippen LogP contribution in [0.1, 0.15) is 26.2 Å². The minimum Gasteiger partial charge on any atom is -0.354 e. The van der Waals surface area contributed by atoms with Crippen molar-refractivity contribution in [3.05, 3.63) is 24.4 Å². The smallest absolute Gasteiger partial charge is 0.128 e. The summed E-state index contributed by atoms with van der Waals surface area (Å²) in [4.78, 5) is 9.53. The van der Waals surface area contributed by atoms with E-state index in [0.717, 1.165) is 37.4 Å². The number of rotatable bonds is 5. The van der Waals surface area contributed by atoms with Gasteiger partial charge >= 0.3 is 0 Å². The Bertz CT molecular complexity index is 414. The highest BCUT2D eigenvalue weighted by Gasteiger charge is 2.29. The van der Waals surface area contributed by atoms with E-state index in [1.54, 1.807) is 0 Å². The van der Waals surface area contributed by atoms with Gasteiger partial charge in [0.25, 0.3) is 0 Å². The van der Waals surface area contributed by atoms with Crippen LogP contribution < -0.4 is 10.2 Å². The first-order valence-corrected chi connectivity index (χ1v) is 8.48. The molecule has 1 N–H and O–H groups in total. The lowest BCUT2D eigenvalue weighted by atomic mass is 10.0. The normalized spacial score (nSPS) is 27.2. The Balaban J connectivity index is 1.47. The molecule has 3 rings (SSSR count). The van der Waals surface area contributed by atoms with Gasteiger partial charge in [-0.05, 0) is 37.4 Å². The van der Waals surface area contributed by atoms with Crippen LogP contribution >= 0.6 is 0 Å². The van der Waals surface area contributed by atoms with Crippen molar-refractivity contribution >= 4 is 5.82 Å². The van der Waals surface area contributed by atoms with E-state index in [9.17, 15) is 0 Å². The molecule has 21 heavy (non-hydrogen) atoms. The average Bonchev–Trinajstić information content (AvgIpc) is 2.96. The molecule has 2 atom stereocenters. The Hall–Kier alpha value is -1.13. The Morgan fingerprint density at radius 1 is 1.19 bits per heavy atom. The van der Waals surface area contributed by atoms with Crippen molar-refractivity contribution in [2.24, 2.45) is 5.92 Å². The van der Waals surface area contributed by atoms with Gasteiger partial charge in [0.05, 0.1) is 0 Å². The van der Waals surface area contributed by atoms with Gasteiger partial charge in [-0.1, -0.05) is 19.4 Å². The fraction of sp³-hybridized carbons (Fsp3) is 0.706. The monoisotopic (exact) mass is 288 g/mol. The summed E-state index contributed by atoms with van der Waals surface area (Å²) >= 11 is 0. The minimum absolute atomic E-state index is 0.754. The van der Waals surface area contributed by atoms with E-state index in [-0.39, 0.29) is 0 Å². The zero-order valence-corrected chi connectivity index (χ0v) is 13.2. The summed E-state index contributed by atoms with van der Waals surface area (Å²) in [5.74, 6) is 1.98. The number of hydrogen-bond donors (Lipinski definition) is 1. The third kappa shape index (κ3) is 3.74. The number of nitrogens with one attached hydrogen (secondary N) is 1. The molecule has 0 aromatic carbocycles. The summed E-state index contributed by atoms with van der Waals surface area (Å²) in [5.41, 5.74) is 0. The quantitative estimate of drug-likeness (QED) is 0.898. The maximum atomic E-state index is 4.46. The first kappa shape index (κ1) is 14.8. The van der Waals surface area contributed by atoms with Crippen LogP contribution in [0.3, 0.4) is 0 Å². The van der Waals surface area contributed by atoms with E-state index in [4.69, 9.17) is 0 Å². The first-order valence-electron chi connectivity index (χ1n) is 8.48. The van der Waals surface area contributed by atoms with Crippen molar-refractivity contribution < 1.29 is 0 Å². The molecule has 1 aliphatic heterocycles. The summed E-state index contributed by atoms with van der Waals surface area (Å²) in [6.07, 6.45) is 6.06. The van der Waals surface area contributed by atoms with Crippen molar-refractivity contribution in [3.8, 4) is 0 Å². The van der Waals surface area contributed by atoms with Crippen molar-refractivity contribution in [3.63, 3.8) is 0 Å². The molecule has 1 saturated carbocycles. The molecule has 1 aromatic heterocycles. The van der Waals surface area contributed by atoms with E-state index in [0.29, 0.717) is 0 Å². The second-order valence-corrected chi connectivity index (χ2v) is 6.33. The summed E-state index contributed by atoms with van der Waals surface area (Å²) in [6, 6.07) is 6.94. The van der Waals surface area contributed by atoms with Gasteiger partial charge in [-0.15, -0.1) is 0 Å². The Kier molecular flexibility index (Phi) is 5.09. The molecule has 2 aliphatic rings. The molecule has 0 radical (unpaired) electrons. The van der Waals surface area contributed by atoms with E-state index in [1.807, 2.05) is 12.3 Å². The van der Waals surface area contributed by atoms with Crippen molar-refractivity contribution in [1.82, 2.24) is 15.2 Å². The topological polar surface area (TPSA) is 31.4 Å². The zero-order valence-electron chi connectivity index (χ0n) is 13.2. The van der Waals surface area contributed by atoms with Gasteiger partial charge in [0, 0.05) is 45.0 Å². The van der Waals surface area contributed by atoms with E-state index in [2.05, 4.69) is 39.2 Å². The van der Waals surface area contributed by atoms with Gasteiger partial charge in [0.2, 0.25) is 0 Å². The van der Waals surface area contributed by atoms with Gasteiger partial charge < -0.3 is 10.2 Å². The van der Waals surface area contributed by atoms with Crippen LogP contribution in [0.5, 0.6) is 0 Å². The second-order valence-electron chi connectivity index (χ2n) is 6.33. The molecule has 1 aromatic rings. The number of aromatic nitrogens is 1. The summed E-state index contributed by atoms with van der Waals surface area (Å²) in [6.45, 7) is 9.16. The maximum absolute atomic E-state index is 4.46. The van der Waals surface area contributed by atoms with Gasteiger partial charge in [-0.25, -0.2) is 4.98 Å². The summed E-state index contributed by atoms with van der Waals surface area (Å²) < 4.78 is 0. The lowest BCUT2D eigenvalue weighted by Crippen LogP contribution is -2.49. The molecule has 4 heteroatoms. The third-order valence-corrected chi connectivity index (χ3v) is 4.96. The predicted molar refractivity (Wildman–Crippen MR) is 87.7 cm³/mol. The number of piperazine rings is 1. The van der Waals surface area contributed by atoms with Crippen molar-refractivity contribution in [2.75, 3.05) is 44.2 Å². The SMILES string of the molecule is CCNC1CCCC1CN1CCN(c2ccccn2)CC1. The van der Waals surface area contributed by atoms with Crippen LogP contribution in [0.2, 0.25) is 0 Å². The van der Waals surface area contributed by atoms with Crippen LogP contribution in [0, 0.1) is 5.92 Å². The Morgan fingerprint density at radius 3 is 2.76 bits per heavy atom. The van der Waals surface area contributed by atoms with Crippen LogP contribution in [-0.4, -0.2) is 55.2 Å². The number of anilines is 1. The molecular formula is C17H28N4. The van der Waals surface area contributed by atoms with Crippen molar-refractivity contribution in [2.45, 2.75) is 32.2 Å².